The summed E-state index contributed by atoms with van der Waals surface area (Å²) in [5, 5.41) is 10.8. The van der Waals surface area contributed by atoms with Crippen LogP contribution >= 0.6 is 11.6 Å². The Morgan fingerprint density at radius 2 is 2.35 bits per heavy atom. The van der Waals surface area contributed by atoms with Crippen LogP contribution in [0.4, 0.5) is 5.69 Å². The third kappa shape index (κ3) is 3.17. The molecule has 1 aromatic rings. The Balaban J connectivity index is 2.07. The van der Waals surface area contributed by atoms with Crippen molar-refractivity contribution in [2.24, 2.45) is 5.92 Å². The van der Waals surface area contributed by atoms with Crippen LogP contribution in [-0.2, 0) is 11.2 Å². The smallest absolute Gasteiger partial charge is 0.269 e. The van der Waals surface area contributed by atoms with Crippen molar-refractivity contribution in [2.75, 3.05) is 13.2 Å². The average molecular weight is 256 g/mol. The summed E-state index contributed by atoms with van der Waals surface area (Å²) in [5.74, 6) is 0.243. The van der Waals surface area contributed by atoms with Gasteiger partial charge in [-0.1, -0.05) is 12.1 Å². The van der Waals surface area contributed by atoms with Gasteiger partial charge in [0, 0.05) is 30.0 Å². The molecule has 1 aromatic carbocycles. The maximum Gasteiger partial charge on any atom is 0.269 e. The van der Waals surface area contributed by atoms with Crippen LogP contribution < -0.4 is 0 Å². The molecule has 0 aromatic heterocycles. The molecule has 0 aliphatic carbocycles. The van der Waals surface area contributed by atoms with Crippen molar-refractivity contribution in [1.29, 1.82) is 0 Å². The zero-order valence-electron chi connectivity index (χ0n) is 9.34. The summed E-state index contributed by atoms with van der Waals surface area (Å²) in [6, 6.07) is 6.71. The summed E-state index contributed by atoms with van der Waals surface area (Å²) >= 11 is 6.22. The maximum absolute atomic E-state index is 10.7. The van der Waals surface area contributed by atoms with Crippen molar-refractivity contribution in [1.82, 2.24) is 0 Å². The van der Waals surface area contributed by atoms with Crippen LogP contribution in [0.25, 0.3) is 0 Å². The second-order valence-corrected chi connectivity index (χ2v) is 4.83. The van der Waals surface area contributed by atoms with E-state index >= 15 is 0 Å². The van der Waals surface area contributed by atoms with Gasteiger partial charge in [0.1, 0.15) is 0 Å². The molecule has 0 radical (unpaired) electrons. The van der Waals surface area contributed by atoms with Gasteiger partial charge in [-0.3, -0.25) is 10.1 Å². The third-order valence-corrected chi connectivity index (χ3v) is 3.58. The molecule has 17 heavy (non-hydrogen) atoms. The molecule has 1 aliphatic rings. The summed E-state index contributed by atoms with van der Waals surface area (Å²) in [6.07, 6.45) is 1.58. The van der Waals surface area contributed by atoms with Crippen molar-refractivity contribution in [3.8, 4) is 0 Å². The summed E-state index contributed by atoms with van der Waals surface area (Å²) < 4.78 is 5.38. The maximum atomic E-state index is 10.7. The summed E-state index contributed by atoms with van der Waals surface area (Å²) in [5.41, 5.74) is 1.07. The van der Waals surface area contributed by atoms with E-state index in [0.717, 1.165) is 18.4 Å². The summed E-state index contributed by atoms with van der Waals surface area (Å²) in [4.78, 5) is 10.3. The van der Waals surface area contributed by atoms with E-state index in [9.17, 15) is 10.1 Å². The number of hydrogen-bond acceptors (Lipinski definition) is 3. The first-order chi connectivity index (χ1) is 8.16. The van der Waals surface area contributed by atoms with Gasteiger partial charge < -0.3 is 4.74 Å². The highest BCUT2D eigenvalue weighted by Crippen LogP contribution is 2.25. The van der Waals surface area contributed by atoms with E-state index in [1.807, 2.05) is 6.07 Å². The van der Waals surface area contributed by atoms with Gasteiger partial charge in [-0.2, -0.15) is 0 Å². The normalized spacial score (nSPS) is 24.5. The lowest BCUT2D eigenvalue weighted by Gasteiger charge is -2.27. The van der Waals surface area contributed by atoms with Crippen LogP contribution in [0.1, 0.15) is 12.0 Å². The van der Waals surface area contributed by atoms with E-state index in [1.165, 1.54) is 6.07 Å². The minimum atomic E-state index is -0.376. The standard InChI is InChI=1S/C12H14ClNO3/c13-12-4-5-17-8-10(12)6-9-2-1-3-11(7-9)14(15)16/h1-3,7,10,12H,4-6,8H2. The van der Waals surface area contributed by atoms with E-state index in [0.29, 0.717) is 13.2 Å². The number of nitrogens with zero attached hydrogens (tertiary/aromatic N) is 1. The topological polar surface area (TPSA) is 52.4 Å². The molecule has 1 aliphatic heterocycles. The average Bonchev–Trinajstić information content (AvgIpc) is 2.32. The molecule has 1 fully saturated rings. The van der Waals surface area contributed by atoms with E-state index in [4.69, 9.17) is 16.3 Å². The van der Waals surface area contributed by atoms with E-state index < -0.39 is 0 Å². The van der Waals surface area contributed by atoms with Crippen molar-refractivity contribution in [3.05, 3.63) is 39.9 Å². The molecule has 0 amide bonds. The largest absolute Gasteiger partial charge is 0.381 e. The first kappa shape index (κ1) is 12.3. The number of nitro benzene ring substituents is 1. The monoisotopic (exact) mass is 255 g/mol. The predicted molar refractivity (Wildman–Crippen MR) is 65.4 cm³/mol. The molecular weight excluding hydrogens is 242 g/mol. The number of ether oxygens (including phenoxy) is 1. The molecule has 2 rings (SSSR count). The number of alkyl halides is 1. The molecule has 2 atom stereocenters. The lowest BCUT2D eigenvalue weighted by molar-refractivity contribution is -0.384. The third-order valence-electron chi connectivity index (χ3n) is 3.00. The van der Waals surface area contributed by atoms with E-state index in [1.54, 1.807) is 12.1 Å². The molecule has 2 unspecified atom stereocenters. The minimum absolute atomic E-state index is 0.100. The first-order valence-electron chi connectivity index (χ1n) is 5.62. The molecule has 92 valence electrons. The van der Waals surface area contributed by atoms with Gasteiger partial charge >= 0.3 is 0 Å². The highest BCUT2D eigenvalue weighted by atomic mass is 35.5. The molecule has 5 heteroatoms. The molecular formula is C12H14ClNO3. The zero-order chi connectivity index (χ0) is 12.3. The lowest BCUT2D eigenvalue weighted by Crippen LogP contribution is -2.29. The van der Waals surface area contributed by atoms with Crippen molar-refractivity contribution in [2.45, 2.75) is 18.2 Å². The number of rotatable bonds is 3. The highest BCUT2D eigenvalue weighted by molar-refractivity contribution is 6.20. The zero-order valence-corrected chi connectivity index (χ0v) is 10.1. The lowest BCUT2D eigenvalue weighted by atomic mass is 9.93. The van der Waals surface area contributed by atoms with E-state index in [2.05, 4.69) is 0 Å². The number of hydrogen-bond donors (Lipinski definition) is 0. The fourth-order valence-corrected chi connectivity index (χ4v) is 2.31. The molecule has 4 nitrogen and oxygen atoms in total. The Kier molecular flexibility index (Phi) is 3.97. The summed E-state index contributed by atoms with van der Waals surface area (Å²) in [6.45, 7) is 1.34. The van der Waals surface area contributed by atoms with Gasteiger partial charge in [0.25, 0.3) is 5.69 Å². The second kappa shape index (κ2) is 5.47. The molecule has 1 heterocycles. The predicted octanol–water partition coefficient (Wildman–Crippen LogP) is 2.78. The van der Waals surface area contributed by atoms with Crippen molar-refractivity contribution >= 4 is 17.3 Å². The quantitative estimate of drug-likeness (QED) is 0.474. The Hall–Kier alpha value is -1.13. The molecule has 0 saturated carbocycles. The molecule has 0 bridgehead atoms. The van der Waals surface area contributed by atoms with Crippen LogP contribution in [0, 0.1) is 16.0 Å². The number of nitro groups is 1. The van der Waals surface area contributed by atoms with Crippen LogP contribution in [0.5, 0.6) is 0 Å². The Morgan fingerprint density at radius 3 is 3.06 bits per heavy atom. The number of benzene rings is 1. The fraction of sp³-hybridized carbons (Fsp3) is 0.500. The molecule has 1 saturated heterocycles. The number of non-ortho nitro benzene ring substituents is 1. The van der Waals surface area contributed by atoms with Crippen LogP contribution in [-0.4, -0.2) is 23.5 Å². The van der Waals surface area contributed by atoms with Gasteiger partial charge in [0.15, 0.2) is 0 Å². The number of halogens is 1. The van der Waals surface area contributed by atoms with Gasteiger partial charge in [0.2, 0.25) is 0 Å². The van der Waals surface area contributed by atoms with Crippen LogP contribution in [0.2, 0.25) is 0 Å². The molecule has 0 spiro atoms. The Bertz CT molecular complexity index is 410. The SMILES string of the molecule is O=[N+]([O-])c1cccc(CC2COCCC2Cl)c1. The highest BCUT2D eigenvalue weighted by Gasteiger charge is 2.24. The Labute approximate surface area is 105 Å². The summed E-state index contributed by atoms with van der Waals surface area (Å²) in [7, 11) is 0. The van der Waals surface area contributed by atoms with Crippen LogP contribution in [0.15, 0.2) is 24.3 Å². The minimum Gasteiger partial charge on any atom is -0.381 e. The second-order valence-electron chi connectivity index (χ2n) is 4.27. The van der Waals surface area contributed by atoms with Crippen LogP contribution in [0.3, 0.4) is 0 Å². The Morgan fingerprint density at radius 1 is 1.53 bits per heavy atom. The van der Waals surface area contributed by atoms with Gasteiger partial charge in [-0.25, -0.2) is 0 Å². The van der Waals surface area contributed by atoms with Gasteiger partial charge in [0.05, 0.1) is 11.5 Å². The van der Waals surface area contributed by atoms with Crippen molar-refractivity contribution < 1.29 is 9.66 Å². The molecule has 0 N–H and O–H groups in total. The first-order valence-corrected chi connectivity index (χ1v) is 6.05. The van der Waals surface area contributed by atoms with Gasteiger partial charge in [-0.05, 0) is 18.4 Å². The van der Waals surface area contributed by atoms with E-state index in [-0.39, 0.29) is 21.9 Å². The van der Waals surface area contributed by atoms with Crippen molar-refractivity contribution in [3.63, 3.8) is 0 Å². The van der Waals surface area contributed by atoms with Gasteiger partial charge in [-0.15, -0.1) is 11.6 Å². The fourth-order valence-electron chi connectivity index (χ4n) is 2.06.